The quantitative estimate of drug-likeness (QED) is 0.660. The molecule has 1 spiro atoms. The zero-order valence-corrected chi connectivity index (χ0v) is 17.0. The summed E-state index contributed by atoms with van der Waals surface area (Å²) >= 11 is 0. The SMILES string of the molecule is O=C1CC2(CCCCC2)C(=O)N1C[NH+]1CC[NH+](Cc2ccc3c(c2)OCO3)CC1. The van der Waals surface area contributed by atoms with Gasteiger partial charge >= 0.3 is 0 Å². The van der Waals surface area contributed by atoms with Crippen LogP contribution in [0.15, 0.2) is 18.2 Å². The van der Waals surface area contributed by atoms with Crippen molar-refractivity contribution in [3.63, 3.8) is 0 Å². The van der Waals surface area contributed by atoms with Crippen LogP contribution in [0.3, 0.4) is 0 Å². The van der Waals surface area contributed by atoms with Crippen LogP contribution in [0.2, 0.25) is 0 Å². The number of likely N-dealkylation sites (tertiary alicyclic amines) is 1. The average molecular weight is 402 g/mol. The van der Waals surface area contributed by atoms with Gasteiger partial charge in [0.25, 0.3) is 0 Å². The number of fused-ring (bicyclic) bond motifs is 1. The lowest BCUT2D eigenvalue weighted by molar-refractivity contribution is -1.02. The molecule has 0 aromatic heterocycles. The van der Waals surface area contributed by atoms with Crippen molar-refractivity contribution in [1.29, 1.82) is 0 Å². The highest BCUT2D eigenvalue weighted by atomic mass is 16.7. The number of benzene rings is 1. The van der Waals surface area contributed by atoms with Crippen LogP contribution < -0.4 is 19.3 Å². The largest absolute Gasteiger partial charge is 0.454 e. The highest BCUT2D eigenvalue weighted by Crippen LogP contribution is 2.44. The molecule has 1 saturated carbocycles. The van der Waals surface area contributed by atoms with Crippen molar-refractivity contribution >= 4 is 11.8 Å². The molecule has 0 radical (unpaired) electrons. The van der Waals surface area contributed by atoms with Crippen molar-refractivity contribution in [2.24, 2.45) is 5.41 Å². The second-order valence-electron chi connectivity index (χ2n) is 9.17. The van der Waals surface area contributed by atoms with Crippen LogP contribution in [-0.2, 0) is 16.1 Å². The molecule has 2 N–H and O–H groups in total. The lowest BCUT2D eigenvalue weighted by atomic mass is 9.73. The lowest BCUT2D eigenvalue weighted by Gasteiger charge is -2.33. The van der Waals surface area contributed by atoms with Crippen molar-refractivity contribution < 1.29 is 28.9 Å². The monoisotopic (exact) mass is 401 g/mol. The van der Waals surface area contributed by atoms with Gasteiger partial charge in [-0.15, -0.1) is 0 Å². The van der Waals surface area contributed by atoms with Crippen molar-refractivity contribution in [1.82, 2.24) is 4.90 Å². The number of carbonyl (C=O) groups is 2. The molecule has 29 heavy (non-hydrogen) atoms. The van der Waals surface area contributed by atoms with Crippen LogP contribution in [0, 0.1) is 5.41 Å². The Morgan fingerprint density at radius 3 is 2.45 bits per heavy atom. The minimum Gasteiger partial charge on any atom is -0.454 e. The molecule has 1 aromatic rings. The van der Waals surface area contributed by atoms with E-state index in [0.717, 1.165) is 69.9 Å². The highest BCUT2D eigenvalue weighted by molar-refractivity contribution is 6.05. The smallest absolute Gasteiger partial charge is 0.240 e. The van der Waals surface area contributed by atoms with Gasteiger partial charge in [-0.3, -0.25) is 9.59 Å². The summed E-state index contributed by atoms with van der Waals surface area (Å²) in [6.07, 6.45) is 5.61. The van der Waals surface area contributed by atoms with Gasteiger partial charge in [-0.2, -0.15) is 0 Å². The van der Waals surface area contributed by atoms with E-state index in [1.165, 1.54) is 21.8 Å². The minimum atomic E-state index is -0.360. The van der Waals surface area contributed by atoms with Crippen molar-refractivity contribution in [2.75, 3.05) is 39.6 Å². The Morgan fingerprint density at radius 1 is 0.931 bits per heavy atom. The summed E-state index contributed by atoms with van der Waals surface area (Å²) in [4.78, 5) is 30.1. The maximum Gasteiger partial charge on any atom is 0.240 e. The molecule has 0 unspecified atom stereocenters. The van der Waals surface area contributed by atoms with Crippen LogP contribution >= 0.6 is 0 Å². The Kier molecular flexibility index (Phi) is 4.95. The van der Waals surface area contributed by atoms with Gasteiger partial charge in [0.1, 0.15) is 32.7 Å². The normalized spacial score (nSPS) is 28.3. The van der Waals surface area contributed by atoms with Crippen molar-refractivity contribution in [3.05, 3.63) is 23.8 Å². The first-order valence-corrected chi connectivity index (χ1v) is 11.0. The predicted molar refractivity (Wildman–Crippen MR) is 105 cm³/mol. The maximum absolute atomic E-state index is 13.0. The molecule has 3 fully saturated rings. The minimum absolute atomic E-state index is 0.0551. The lowest BCUT2D eigenvalue weighted by Crippen LogP contribution is -3.28. The zero-order valence-electron chi connectivity index (χ0n) is 17.0. The Bertz CT molecular complexity index is 797. The molecule has 2 amide bonds. The number of nitrogens with zero attached hydrogens (tertiary/aromatic N) is 1. The second-order valence-corrected chi connectivity index (χ2v) is 9.17. The van der Waals surface area contributed by atoms with E-state index >= 15 is 0 Å². The topological polar surface area (TPSA) is 64.7 Å². The molecule has 3 aliphatic heterocycles. The molecule has 7 nitrogen and oxygen atoms in total. The third-order valence-electron chi connectivity index (χ3n) is 7.24. The van der Waals surface area contributed by atoms with Crippen molar-refractivity contribution in [3.8, 4) is 11.5 Å². The molecular formula is C22H31N3O4+2. The number of nitrogens with one attached hydrogen (secondary N) is 2. The first kappa shape index (κ1) is 18.9. The summed E-state index contributed by atoms with van der Waals surface area (Å²) in [5.41, 5.74) is 0.901. The fourth-order valence-corrected chi connectivity index (χ4v) is 5.49. The molecular weight excluding hydrogens is 370 g/mol. The fourth-order valence-electron chi connectivity index (χ4n) is 5.49. The summed E-state index contributed by atoms with van der Waals surface area (Å²) in [6, 6.07) is 6.19. The molecule has 1 aromatic carbocycles. The third kappa shape index (κ3) is 3.62. The number of ether oxygens (including phenoxy) is 2. The number of piperazine rings is 1. The summed E-state index contributed by atoms with van der Waals surface area (Å²) in [5.74, 6) is 1.84. The summed E-state index contributed by atoms with van der Waals surface area (Å²) in [5, 5.41) is 0. The van der Waals surface area contributed by atoms with Crippen LogP contribution in [-0.4, -0.2) is 56.4 Å². The van der Waals surface area contributed by atoms with Crippen LogP contribution in [0.4, 0.5) is 0 Å². The number of quaternary nitrogens is 2. The molecule has 2 saturated heterocycles. The summed E-state index contributed by atoms with van der Waals surface area (Å²) in [6.45, 7) is 5.90. The van der Waals surface area contributed by atoms with Gasteiger partial charge in [0.15, 0.2) is 18.2 Å². The molecule has 5 rings (SSSR count). The molecule has 156 valence electrons. The van der Waals surface area contributed by atoms with Gasteiger partial charge in [-0.05, 0) is 31.0 Å². The highest BCUT2D eigenvalue weighted by Gasteiger charge is 2.52. The van der Waals surface area contributed by atoms with Gasteiger partial charge in [0, 0.05) is 12.0 Å². The van der Waals surface area contributed by atoms with E-state index in [1.807, 2.05) is 6.07 Å². The Labute approximate surface area is 171 Å². The first-order chi connectivity index (χ1) is 14.1. The molecule has 0 atom stereocenters. The third-order valence-corrected chi connectivity index (χ3v) is 7.24. The van der Waals surface area contributed by atoms with E-state index < -0.39 is 0 Å². The average Bonchev–Trinajstić information content (AvgIpc) is 3.28. The standard InChI is InChI=1S/C22H29N3O4/c26-20-13-22(6-2-1-3-7-22)21(27)25(20)15-24-10-8-23(9-11-24)14-17-4-5-18-19(12-17)29-16-28-18/h4-5,12H,1-3,6-11,13-16H2/p+2. The Hall–Kier alpha value is -2.12. The van der Waals surface area contributed by atoms with Gasteiger partial charge in [0.05, 0.1) is 5.41 Å². The van der Waals surface area contributed by atoms with E-state index in [1.54, 1.807) is 4.90 Å². The fraction of sp³-hybridized carbons (Fsp3) is 0.636. The number of hydrogen-bond acceptors (Lipinski definition) is 4. The van der Waals surface area contributed by atoms with Crippen molar-refractivity contribution in [2.45, 2.75) is 45.1 Å². The van der Waals surface area contributed by atoms with E-state index in [2.05, 4.69) is 12.1 Å². The van der Waals surface area contributed by atoms with E-state index in [-0.39, 0.29) is 17.2 Å². The number of hydrogen-bond donors (Lipinski definition) is 2. The molecule has 0 bridgehead atoms. The van der Waals surface area contributed by atoms with Crippen LogP contribution in [0.5, 0.6) is 11.5 Å². The van der Waals surface area contributed by atoms with E-state index in [9.17, 15) is 9.59 Å². The summed E-state index contributed by atoms with van der Waals surface area (Å²) in [7, 11) is 0. The summed E-state index contributed by atoms with van der Waals surface area (Å²) < 4.78 is 10.9. The second kappa shape index (κ2) is 7.61. The Balaban J connectivity index is 1.14. The van der Waals surface area contributed by atoms with Gasteiger partial charge in [-0.1, -0.05) is 19.3 Å². The van der Waals surface area contributed by atoms with Gasteiger partial charge < -0.3 is 19.3 Å². The van der Waals surface area contributed by atoms with Crippen LogP contribution in [0.1, 0.15) is 44.1 Å². The number of rotatable bonds is 4. The van der Waals surface area contributed by atoms with E-state index in [0.29, 0.717) is 19.9 Å². The van der Waals surface area contributed by atoms with Crippen LogP contribution in [0.25, 0.3) is 0 Å². The number of amides is 2. The van der Waals surface area contributed by atoms with Gasteiger partial charge in [-0.25, -0.2) is 4.90 Å². The molecule has 7 heteroatoms. The molecule has 1 aliphatic carbocycles. The predicted octanol–water partition coefficient (Wildman–Crippen LogP) is -0.634. The molecule has 3 heterocycles. The van der Waals surface area contributed by atoms with Gasteiger partial charge in [0.2, 0.25) is 18.6 Å². The first-order valence-electron chi connectivity index (χ1n) is 11.0. The number of imide groups is 1. The number of carbonyl (C=O) groups excluding carboxylic acids is 2. The molecule has 4 aliphatic rings. The zero-order chi connectivity index (χ0) is 19.8. The Morgan fingerprint density at radius 2 is 1.66 bits per heavy atom. The van der Waals surface area contributed by atoms with E-state index in [4.69, 9.17) is 9.47 Å². The maximum atomic E-state index is 13.0.